The van der Waals surface area contributed by atoms with E-state index < -0.39 is 30.7 Å². The molecule has 0 spiro atoms. The van der Waals surface area contributed by atoms with E-state index in [1.54, 1.807) is 24.3 Å². The van der Waals surface area contributed by atoms with Gasteiger partial charge in [-0.15, -0.1) is 0 Å². The van der Waals surface area contributed by atoms with Gasteiger partial charge in [0.25, 0.3) is 0 Å². The van der Waals surface area contributed by atoms with Crippen molar-refractivity contribution in [2.75, 3.05) is 6.61 Å². The van der Waals surface area contributed by atoms with E-state index in [-0.39, 0.29) is 6.42 Å². The van der Waals surface area contributed by atoms with Crippen LogP contribution in [-0.2, 0) is 16.3 Å². The molecule has 0 bridgehead atoms. The first-order valence-corrected chi connectivity index (χ1v) is 5.46. The number of ether oxygens (including phenoxy) is 1. The minimum atomic E-state index is -2.10. The van der Waals surface area contributed by atoms with Crippen LogP contribution in [0, 0.1) is 0 Å². The van der Waals surface area contributed by atoms with E-state index in [2.05, 4.69) is 0 Å². The third-order valence-electron chi connectivity index (χ3n) is 2.98. The van der Waals surface area contributed by atoms with Gasteiger partial charge in [0, 0.05) is 6.42 Å². The highest BCUT2D eigenvalue weighted by Crippen LogP contribution is 2.32. The predicted molar refractivity (Wildman–Crippen MR) is 57.5 cm³/mol. The summed E-state index contributed by atoms with van der Waals surface area (Å²) in [5.41, 5.74) is 0.715. The molecule has 1 aliphatic heterocycles. The average Bonchev–Trinajstić information content (AvgIpc) is 2.55. The molecule has 3 N–H and O–H groups in total. The molecule has 93 valence electrons. The lowest BCUT2D eigenvalue weighted by Crippen LogP contribution is -2.43. The van der Waals surface area contributed by atoms with Crippen molar-refractivity contribution in [3.8, 4) is 0 Å². The predicted octanol–water partition coefficient (Wildman–Crippen LogP) is -0.531. The maximum Gasteiger partial charge on any atom is 0.235 e. The number of hydrogen-bond acceptors (Lipinski definition) is 4. The van der Waals surface area contributed by atoms with Crippen molar-refractivity contribution in [3.05, 3.63) is 35.9 Å². The third-order valence-corrected chi connectivity index (χ3v) is 2.98. The molecule has 0 amide bonds. The van der Waals surface area contributed by atoms with Gasteiger partial charge in [-0.1, -0.05) is 30.3 Å². The fraction of sp³-hybridized carbons (Fsp3) is 0.500. The van der Waals surface area contributed by atoms with Gasteiger partial charge in [-0.25, -0.2) is 0 Å². The van der Waals surface area contributed by atoms with Crippen molar-refractivity contribution in [1.82, 2.24) is 0 Å². The first-order valence-electron chi connectivity index (χ1n) is 5.46. The molecule has 1 aromatic rings. The van der Waals surface area contributed by atoms with Crippen LogP contribution >= 0.6 is 0 Å². The molecule has 17 heavy (non-hydrogen) atoms. The summed E-state index contributed by atoms with van der Waals surface area (Å²) in [5, 5.41) is 40.4. The van der Waals surface area contributed by atoms with E-state index in [1.807, 2.05) is 6.07 Å². The van der Waals surface area contributed by atoms with Crippen molar-refractivity contribution in [3.63, 3.8) is 0 Å². The summed E-state index contributed by atoms with van der Waals surface area (Å²) in [5.74, 6) is -2.10. The summed E-state index contributed by atoms with van der Waals surface area (Å²) in [6, 6.07) is 8.86. The van der Waals surface area contributed by atoms with Crippen molar-refractivity contribution in [2.24, 2.45) is 0 Å². The van der Waals surface area contributed by atoms with Gasteiger partial charge < -0.3 is 20.1 Å². The van der Waals surface area contributed by atoms with E-state index in [9.17, 15) is 15.3 Å². The van der Waals surface area contributed by atoms with Crippen LogP contribution in [0.5, 0.6) is 0 Å². The zero-order chi connectivity index (χ0) is 12.5. The molecular formula is C12H15O5. The van der Waals surface area contributed by atoms with Gasteiger partial charge in [0.1, 0.15) is 18.3 Å². The third kappa shape index (κ3) is 2.34. The van der Waals surface area contributed by atoms with Gasteiger partial charge in [0.2, 0.25) is 5.79 Å². The fourth-order valence-corrected chi connectivity index (χ4v) is 2.03. The summed E-state index contributed by atoms with van der Waals surface area (Å²) >= 11 is 0. The van der Waals surface area contributed by atoms with Crippen LogP contribution in [0.25, 0.3) is 0 Å². The maximum atomic E-state index is 12.2. The Labute approximate surface area is 98.9 Å². The van der Waals surface area contributed by atoms with Crippen LogP contribution < -0.4 is 0 Å². The Balaban J connectivity index is 2.15. The molecule has 4 atom stereocenters. The number of aliphatic hydroxyl groups is 3. The summed E-state index contributed by atoms with van der Waals surface area (Å²) in [6.45, 7) is -0.489. The van der Waals surface area contributed by atoms with E-state index in [4.69, 9.17) is 9.84 Å². The number of rotatable bonds is 3. The van der Waals surface area contributed by atoms with E-state index in [0.717, 1.165) is 0 Å². The molecule has 1 saturated heterocycles. The van der Waals surface area contributed by atoms with Crippen LogP contribution in [0.1, 0.15) is 5.56 Å². The molecule has 1 radical (unpaired) electrons. The Morgan fingerprint density at radius 2 is 1.88 bits per heavy atom. The molecule has 5 heteroatoms. The summed E-state index contributed by atoms with van der Waals surface area (Å²) in [6.07, 6.45) is -3.96. The summed E-state index contributed by atoms with van der Waals surface area (Å²) < 4.78 is 5.02. The fourth-order valence-electron chi connectivity index (χ4n) is 2.03. The SMILES string of the molecule is [O]C1(Cc2ccccc2)O[C@H](CO)[C@@H](O)[C@@H]1O. The smallest absolute Gasteiger partial charge is 0.235 e. The second-order valence-electron chi connectivity index (χ2n) is 4.25. The normalized spacial score (nSPS) is 37.3. The highest BCUT2D eigenvalue weighted by molar-refractivity contribution is 5.17. The van der Waals surface area contributed by atoms with E-state index >= 15 is 0 Å². The zero-order valence-corrected chi connectivity index (χ0v) is 9.19. The van der Waals surface area contributed by atoms with Gasteiger partial charge >= 0.3 is 0 Å². The highest BCUT2D eigenvalue weighted by Gasteiger charge is 2.54. The monoisotopic (exact) mass is 239 g/mol. The largest absolute Gasteiger partial charge is 0.394 e. The molecule has 1 aromatic carbocycles. The Morgan fingerprint density at radius 1 is 1.24 bits per heavy atom. The quantitative estimate of drug-likeness (QED) is 0.661. The minimum absolute atomic E-state index is 0.0530. The Kier molecular flexibility index (Phi) is 3.46. The van der Waals surface area contributed by atoms with Crippen molar-refractivity contribution in [1.29, 1.82) is 0 Å². The van der Waals surface area contributed by atoms with Gasteiger partial charge in [-0.3, -0.25) is 0 Å². The number of benzene rings is 1. The van der Waals surface area contributed by atoms with Crippen LogP contribution in [0.4, 0.5) is 0 Å². The Morgan fingerprint density at radius 3 is 2.41 bits per heavy atom. The number of aliphatic hydroxyl groups excluding tert-OH is 3. The van der Waals surface area contributed by atoms with Gasteiger partial charge in [0.15, 0.2) is 0 Å². The van der Waals surface area contributed by atoms with Crippen molar-refractivity contribution < 1.29 is 25.2 Å². The van der Waals surface area contributed by atoms with E-state index in [1.165, 1.54) is 0 Å². The standard InChI is InChI=1S/C12H15O5/c13-7-9-10(14)11(15)12(16,17-9)6-8-4-2-1-3-5-8/h1-5,9-11,13-15H,6-7H2/t9-,10-,11+,12?/m1/s1. The molecule has 5 nitrogen and oxygen atoms in total. The van der Waals surface area contributed by atoms with Crippen molar-refractivity contribution >= 4 is 0 Å². The number of hydrogen-bond donors (Lipinski definition) is 3. The van der Waals surface area contributed by atoms with E-state index in [0.29, 0.717) is 5.56 Å². The minimum Gasteiger partial charge on any atom is -0.394 e. The highest BCUT2D eigenvalue weighted by atomic mass is 16.7. The summed E-state index contributed by atoms with van der Waals surface area (Å²) in [7, 11) is 0. The van der Waals surface area contributed by atoms with Crippen LogP contribution in [0.2, 0.25) is 0 Å². The van der Waals surface area contributed by atoms with Gasteiger partial charge in [-0.05, 0) is 5.56 Å². The summed E-state index contributed by atoms with van der Waals surface area (Å²) in [4.78, 5) is 0. The van der Waals surface area contributed by atoms with Crippen molar-refractivity contribution in [2.45, 2.75) is 30.5 Å². The molecule has 0 aliphatic carbocycles. The Bertz CT molecular complexity index is 368. The molecule has 1 aliphatic rings. The van der Waals surface area contributed by atoms with Gasteiger partial charge in [0.05, 0.1) is 6.61 Å². The zero-order valence-electron chi connectivity index (χ0n) is 9.19. The first kappa shape index (κ1) is 12.5. The maximum absolute atomic E-state index is 12.2. The second-order valence-corrected chi connectivity index (χ2v) is 4.25. The van der Waals surface area contributed by atoms with Gasteiger partial charge in [-0.2, -0.15) is 5.11 Å². The van der Waals surface area contributed by atoms with Crippen LogP contribution in [-0.4, -0.2) is 46.0 Å². The molecule has 1 heterocycles. The van der Waals surface area contributed by atoms with Crippen LogP contribution in [0.3, 0.4) is 0 Å². The lowest BCUT2D eigenvalue weighted by atomic mass is 9.98. The van der Waals surface area contributed by atoms with Crippen LogP contribution in [0.15, 0.2) is 30.3 Å². The molecule has 1 fully saturated rings. The Hall–Kier alpha value is -0.980. The average molecular weight is 239 g/mol. The first-order chi connectivity index (χ1) is 8.07. The topological polar surface area (TPSA) is 89.8 Å². The molecular weight excluding hydrogens is 224 g/mol. The molecule has 0 saturated carbocycles. The second kappa shape index (κ2) is 4.72. The molecule has 1 unspecified atom stereocenters. The lowest BCUT2D eigenvalue weighted by Gasteiger charge is -2.23. The molecule has 2 rings (SSSR count). The molecule has 0 aromatic heterocycles. The lowest BCUT2D eigenvalue weighted by molar-refractivity contribution is -0.263.